The summed E-state index contributed by atoms with van der Waals surface area (Å²) in [7, 11) is 0. The van der Waals surface area contributed by atoms with E-state index in [4.69, 9.17) is 0 Å². The molecule has 4 heterocycles. The molecule has 4 aromatic carbocycles. The van der Waals surface area contributed by atoms with Crippen molar-refractivity contribution >= 4 is 139 Å². The highest BCUT2D eigenvalue weighted by Crippen LogP contribution is 2.26. The third-order valence-corrected chi connectivity index (χ3v) is 23.6. The molecule has 8 rings (SSSR count). The quantitative estimate of drug-likeness (QED) is 0.0235. The van der Waals surface area contributed by atoms with Crippen LogP contribution in [-0.4, -0.2) is 224 Å². The van der Waals surface area contributed by atoms with Gasteiger partial charge in [-0.15, -0.1) is 0 Å². The van der Waals surface area contributed by atoms with Gasteiger partial charge < -0.3 is 110 Å². The van der Waals surface area contributed by atoms with E-state index in [2.05, 4.69) is 105 Å². The van der Waals surface area contributed by atoms with E-state index in [0.717, 1.165) is 27.4 Å². The van der Waals surface area contributed by atoms with Crippen molar-refractivity contribution in [1.82, 2.24) is 105 Å². The summed E-state index contributed by atoms with van der Waals surface area (Å²) in [6.07, 6.45) is 7.01. The largest absolute Gasteiger partial charge is 0.395 e. The lowest BCUT2D eigenvalue weighted by Gasteiger charge is -2.31. The summed E-state index contributed by atoms with van der Waals surface area (Å²) in [6.45, 7) is 29.7. The van der Waals surface area contributed by atoms with Crippen molar-refractivity contribution in [3.05, 3.63) is 144 Å². The molecule has 136 heavy (non-hydrogen) atoms. The summed E-state index contributed by atoms with van der Waals surface area (Å²) in [6, 6.07) is 11.2. The lowest BCUT2D eigenvalue weighted by molar-refractivity contribution is -0.137. The molecule has 0 aliphatic carbocycles. The zero-order valence-corrected chi connectivity index (χ0v) is 81.1. The Labute approximate surface area is 793 Å². The highest BCUT2D eigenvalue weighted by molar-refractivity contribution is 6.02. The smallest absolute Gasteiger partial charge is 0.243 e. The molecule has 16 amide bonds. The van der Waals surface area contributed by atoms with E-state index in [1.165, 1.54) is 13.8 Å². The fourth-order valence-electron chi connectivity index (χ4n) is 16.3. The number of aliphatic hydroxyl groups is 1. The molecular weight excluding hydrogens is 1740 g/mol. The van der Waals surface area contributed by atoms with Crippen LogP contribution in [0.25, 0.3) is 43.6 Å². The maximum absolute atomic E-state index is 15.6. The standard InChI is InChI=1S/C99H140N20O17/c1-51(2)37-73(109-86(123)59(17)107-81(122)49-105-96(133)82(55(9)10)106-50-121)89(126)108-60(18)87(124)117-84(57(13)14)98(135)119-85(58(15)16)99(136)118-83(56(11)12)97(134)116-80(44-64-48-104-72-34-26-22-30-68(64)72)95(132)112-76(40-54(7)8)92(129)115-79(43-63-47-103-71-33-25-21-29-67(63)71)94(131)111-75(39-53(5)6)91(128)114-78(42-62-46-102-70-32-24-20-28-66(62)70)93(130)110-74(38-52(3)4)90(127)113-77(88(125)100-35-36-120)41-61-45-101-69-31-23-19-27-65(61)69/h19-34,45-48,50-60,73-80,82-85,101-104,120H,35-44,49H2,1-18H3,(H,100,125)(H,105,133)(H,106,121)(H,107,122)(H,108,126)(H,109,123)(H,110,130)(H,111,131)(H,112,132)(H,113,127)(H,114,128)(H,115,129)(H,116,134)(H,117,124)(H,118,136)(H,119,135)/t59-,60+,73+,74+,75+,76+,77+,78-,79-,80+,82-,83-,84+,85+/m0/s1. The highest BCUT2D eigenvalue weighted by atomic mass is 16.3. The van der Waals surface area contributed by atoms with Gasteiger partial charge in [-0.05, 0) is 133 Å². The van der Waals surface area contributed by atoms with E-state index in [1.807, 2.05) is 133 Å². The van der Waals surface area contributed by atoms with Crippen LogP contribution in [0.15, 0.2) is 122 Å². The first-order chi connectivity index (χ1) is 64.4. The lowest BCUT2D eigenvalue weighted by atomic mass is 9.97. The van der Waals surface area contributed by atoms with Crippen LogP contribution in [0.1, 0.15) is 173 Å². The fourth-order valence-corrected chi connectivity index (χ4v) is 16.3. The minimum Gasteiger partial charge on any atom is -0.395 e. The van der Waals surface area contributed by atoms with Gasteiger partial charge in [-0.1, -0.05) is 184 Å². The second kappa shape index (κ2) is 51.3. The van der Waals surface area contributed by atoms with E-state index in [9.17, 15) is 53.1 Å². The van der Waals surface area contributed by atoms with Crippen LogP contribution in [0.2, 0.25) is 0 Å². The third-order valence-electron chi connectivity index (χ3n) is 23.6. The summed E-state index contributed by atoms with van der Waals surface area (Å²) in [4.78, 5) is 241. The molecule has 8 aromatic rings. The van der Waals surface area contributed by atoms with Gasteiger partial charge >= 0.3 is 0 Å². The molecule has 21 N–H and O–H groups in total. The molecule has 0 saturated carbocycles. The summed E-state index contributed by atoms with van der Waals surface area (Å²) < 4.78 is 0. The zero-order chi connectivity index (χ0) is 100. The van der Waals surface area contributed by atoms with Crippen LogP contribution in [-0.2, 0) is 102 Å². The molecule has 0 unspecified atom stereocenters. The van der Waals surface area contributed by atoms with E-state index < -0.39 is 197 Å². The van der Waals surface area contributed by atoms with E-state index in [-0.39, 0.29) is 94.1 Å². The topological polar surface area (TPSA) is 549 Å². The Morgan fingerprint density at radius 2 is 0.529 bits per heavy atom. The van der Waals surface area contributed by atoms with Gasteiger partial charge in [-0.3, -0.25) is 76.7 Å². The average molecular weight is 1880 g/mol. The first-order valence-corrected chi connectivity index (χ1v) is 47.0. The molecule has 0 fully saturated rings. The van der Waals surface area contributed by atoms with Gasteiger partial charge in [0.05, 0.1) is 13.2 Å². The number of fused-ring (bicyclic) bond motifs is 4. The lowest BCUT2D eigenvalue weighted by Crippen LogP contribution is -2.62. The van der Waals surface area contributed by atoms with Crippen molar-refractivity contribution < 1.29 is 81.8 Å². The van der Waals surface area contributed by atoms with Crippen LogP contribution < -0.4 is 85.1 Å². The Morgan fingerprint density at radius 1 is 0.279 bits per heavy atom. The number of rotatable bonds is 53. The zero-order valence-electron chi connectivity index (χ0n) is 81.1. The maximum atomic E-state index is 15.6. The molecule has 738 valence electrons. The number of nitrogens with one attached hydrogen (secondary N) is 20. The molecule has 14 atom stereocenters. The van der Waals surface area contributed by atoms with Crippen molar-refractivity contribution in [2.75, 3.05) is 19.7 Å². The number of para-hydroxylation sites is 4. The number of hydrogen-bond acceptors (Lipinski definition) is 17. The number of carbonyl (C=O) groups is 16. The molecule has 37 nitrogen and oxygen atoms in total. The molecule has 4 aromatic heterocycles. The van der Waals surface area contributed by atoms with Gasteiger partial charge in [0, 0.05) is 101 Å². The summed E-state index contributed by atoms with van der Waals surface area (Å²) in [5.41, 5.74) is 5.50. The van der Waals surface area contributed by atoms with Crippen molar-refractivity contribution in [3.63, 3.8) is 0 Å². The van der Waals surface area contributed by atoms with Crippen molar-refractivity contribution in [3.8, 4) is 0 Å². The SMILES string of the molecule is CC(C)C[C@@H](NC(=O)[C@H](C)NC(=O)CNC(=O)[C@@H](NC=O)C(C)C)C(=O)N[C@H](C)C(=O)N[C@@H](C(=O)N[C@@H](C(=O)N[C@H](C(=O)N[C@H](Cc1c[nH]c2ccccc12)C(=O)N[C@H](CC(C)C)C(=O)N[C@@H](Cc1c[nH]c2ccccc12)C(=O)N[C@H](CC(C)C)C(=O)N[C@@H](Cc1c[nH]c2ccccc12)C(=O)N[C@H](CC(C)C)C(=O)N[C@H](Cc1c[nH]c2ccccc12)C(=O)NCCO)C(C)C)C(C)C)C(C)C. The van der Waals surface area contributed by atoms with Crippen molar-refractivity contribution in [2.45, 2.75) is 261 Å². The third kappa shape index (κ3) is 31.3. The average Bonchev–Trinajstić information content (AvgIpc) is 1.69. The molecular formula is C99H140N20O17. The summed E-state index contributed by atoms with van der Waals surface area (Å²) in [5.74, 6) is -14.6. The highest BCUT2D eigenvalue weighted by Gasteiger charge is 2.41. The number of benzene rings is 4. The predicted octanol–water partition coefficient (Wildman–Crippen LogP) is 4.37. The second-order valence-electron chi connectivity index (χ2n) is 38.2. The molecule has 0 spiro atoms. The Balaban J connectivity index is 1.00. The number of hydrogen-bond donors (Lipinski definition) is 21. The Hall–Kier alpha value is -13.5. The van der Waals surface area contributed by atoms with E-state index >= 15 is 28.8 Å². The fraction of sp³-hybridized carbons (Fsp3) is 0.515. The minimum atomic E-state index is -1.48. The number of aromatic amines is 4. The van der Waals surface area contributed by atoms with Gasteiger partial charge in [0.15, 0.2) is 0 Å². The van der Waals surface area contributed by atoms with Gasteiger partial charge in [0.2, 0.25) is 95.0 Å². The molecule has 0 saturated heterocycles. The molecule has 0 bridgehead atoms. The van der Waals surface area contributed by atoms with Gasteiger partial charge in [0.1, 0.15) is 84.6 Å². The van der Waals surface area contributed by atoms with Gasteiger partial charge in [0.25, 0.3) is 0 Å². The van der Waals surface area contributed by atoms with E-state index in [1.54, 1.807) is 100 Å². The number of carbonyl (C=O) groups excluding carboxylic acids is 16. The monoisotopic (exact) mass is 1880 g/mol. The number of amides is 16. The van der Waals surface area contributed by atoms with Crippen molar-refractivity contribution in [1.29, 1.82) is 0 Å². The van der Waals surface area contributed by atoms with E-state index in [0.29, 0.717) is 44.9 Å². The van der Waals surface area contributed by atoms with Crippen LogP contribution in [0.4, 0.5) is 0 Å². The maximum Gasteiger partial charge on any atom is 0.243 e. The summed E-state index contributed by atoms with van der Waals surface area (Å²) in [5, 5.41) is 56.5. The van der Waals surface area contributed by atoms with Crippen LogP contribution in [0.5, 0.6) is 0 Å². The molecule has 0 aliphatic heterocycles. The molecule has 0 radical (unpaired) electrons. The minimum absolute atomic E-state index is 0.0108. The first-order valence-electron chi connectivity index (χ1n) is 47.0. The van der Waals surface area contributed by atoms with Crippen LogP contribution in [0.3, 0.4) is 0 Å². The normalized spacial score (nSPS) is 14.8. The number of aliphatic hydroxyl groups excluding tert-OH is 1. The Morgan fingerprint density at radius 3 is 0.831 bits per heavy atom. The molecule has 0 aliphatic rings. The van der Waals surface area contributed by atoms with Crippen LogP contribution >= 0.6 is 0 Å². The Bertz CT molecular complexity index is 5470. The number of aromatic nitrogens is 4. The Kier molecular flexibility index (Phi) is 40.7. The van der Waals surface area contributed by atoms with Gasteiger partial charge in [-0.25, -0.2) is 0 Å². The first kappa shape index (κ1) is 108. The summed E-state index contributed by atoms with van der Waals surface area (Å²) >= 11 is 0. The van der Waals surface area contributed by atoms with Crippen molar-refractivity contribution in [2.24, 2.45) is 47.3 Å². The predicted molar refractivity (Wildman–Crippen MR) is 518 cm³/mol. The molecule has 37 heteroatoms. The number of H-pyrrole nitrogens is 4. The van der Waals surface area contributed by atoms with Gasteiger partial charge in [-0.2, -0.15) is 0 Å². The second-order valence-corrected chi connectivity index (χ2v) is 38.2. The van der Waals surface area contributed by atoms with Crippen LogP contribution in [0, 0.1) is 47.3 Å².